The van der Waals surface area contributed by atoms with Crippen LogP contribution >= 0.6 is 11.6 Å². The summed E-state index contributed by atoms with van der Waals surface area (Å²) >= 11 is 6.05. The van der Waals surface area contributed by atoms with Crippen LogP contribution in [0.1, 0.15) is 37.4 Å². The van der Waals surface area contributed by atoms with Crippen molar-refractivity contribution >= 4 is 29.1 Å². The highest BCUT2D eigenvalue weighted by atomic mass is 35.5. The fraction of sp³-hybridized carbons (Fsp3) is 0.360. The van der Waals surface area contributed by atoms with Crippen molar-refractivity contribution in [1.82, 2.24) is 9.80 Å². The van der Waals surface area contributed by atoms with Crippen LogP contribution in [0.25, 0.3) is 5.76 Å². The van der Waals surface area contributed by atoms with Crippen LogP contribution in [0.5, 0.6) is 5.75 Å². The van der Waals surface area contributed by atoms with E-state index in [0.29, 0.717) is 29.3 Å². The number of benzene rings is 2. The number of aliphatic hydroxyl groups excluding tert-OH is 1. The Morgan fingerprint density at radius 3 is 2.28 bits per heavy atom. The molecule has 1 N–H and O–H groups in total. The van der Waals surface area contributed by atoms with Crippen LogP contribution in [0, 0.1) is 0 Å². The predicted molar refractivity (Wildman–Crippen MR) is 126 cm³/mol. The molecule has 0 spiro atoms. The molecule has 0 radical (unpaired) electrons. The zero-order valence-electron chi connectivity index (χ0n) is 18.8. The van der Waals surface area contributed by atoms with Gasteiger partial charge in [0.25, 0.3) is 11.7 Å². The first-order chi connectivity index (χ1) is 15.2. The van der Waals surface area contributed by atoms with Crippen LogP contribution in [-0.4, -0.2) is 59.9 Å². The minimum Gasteiger partial charge on any atom is -0.507 e. The Kier molecular flexibility index (Phi) is 7.59. The van der Waals surface area contributed by atoms with Crippen molar-refractivity contribution in [2.75, 3.05) is 27.2 Å². The van der Waals surface area contributed by atoms with E-state index in [1.54, 1.807) is 48.5 Å². The molecule has 170 valence electrons. The highest BCUT2D eigenvalue weighted by Crippen LogP contribution is 2.39. The Labute approximate surface area is 194 Å². The van der Waals surface area contributed by atoms with Gasteiger partial charge in [-0.15, -0.1) is 0 Å². The number of Topliss-reactive ketones (excluding diaryl/α,β-unsaturated/α-hetero) is 1. The fourth-order valence-corrected chi connectivity index (χ4v) is 3.90. The molecular formula is C25H29ClN2O4. The van der Waals surface area contributed by atoms with Crippen molar-refractivity contribution in [3.05, 3.63) is 70.3 Å². The number of likely N-dealkylation sites (tertiary alicyclic amines) is 1. The van der Waals surface area contributed by atoms with Gasteiger partial charge in [0.05, 0.1) is 17.7 Å². The molecule has 2 aromatic carbocycles. The van der Waals surface area contributed by atoms with Crippen LogP contribution in [0.3, 0.4) is 0 Å². The normalized spacial score (nSPS) is 18.1. The van der Waals surface area contributed by atoms with Crippen LogP contribution in [0.2, 0.25) is 5.02 Å². The van der Waals surface area contributed by atoms with E-state index < -0.39 is 17.7 Å². The molecule has 1 saturated heterocycles. The van der Waals surface area contributed by atoms with Gasteiger partial charge in [0, 0.05) is 17.1 Å². The Hall–Kier alpha value is -2.83. The molecule has 0 bridgehead atoms. The molecule has 3 rings (SSSR count). The maximum absolute atomic E-state index is 13.0. The monoisotopic (exact) mass is 456 g/mol. The maximum Gasteiger partial charge on any atom is 0.295 e. The van der Waals surface area contributed by atoms with Crippen LogP contribution < -0.4 is 4.74 Å². The summed E-state index contributed by atoms with van der Waals surface area (Å²) in [6.07, 6.45) is 0.720. The van der Waals surface area contributed by atoms with Crippen LogP contribution in [-0.2, 0) is 9.59 Å². The number of carbonyl (C=O) groups is 2. The predicted octanol–water partition coefficient (Wildman–Crippen LogP) is 4.50. The van der Waals surface area contributed by atoms with E-state index in [0.717, 1.165) is 12.1 Å². The standard InChI is InChI=1S/C25H29ClN2O4/c1-16(2)32-20-12-8-18(9-13-20)23(29)21-22(17-6-10-19(26)11-7-17)28(25(31)24(21)30)15-5-14-27(3)4/h6-13,16,22,29H,5,14-15H2,1-4H3/t22-/m1/s1. The van der Waals surface area contributed by atoms with Crippen LogP contribution in [0.15, 0.2) is 54.1 Å². The molecule has 2 aromatic rings. The third kappa shape index (κ3) is 5.31. The highest BCUT2D eigenvalue weighted by molar-refractivity contribution is 6.46. The average molecular weight is 457 g/mol. The van der Waals surface area contributed by atoms with E-state index in [1.807, 2.05) is 32.8 Å². The molecule has 32 heavy (non-hydrogen) atoms. The topological polar surface area (TPSA) is 70.1 Å². The summed E-state index contributed by atoms with van der Waals surface area (Å²) in [6, 6.07) is 13.2. The summed E-state index contributed by atoms with van der Waals surface area (Å²) in [5, 5.41) is 11.7. The van der Waals surface area contributed by atoms with Gasteiger partial charge in [-0.2, -0.15) is 0 Å². The largest absolute Gasteiger partial charge is 0.507 e. The van der Waals surface area contributed by atoms with E-state index in [1.165, 1.54) is 4.90 Å². The van der Waals surface area contributed by atoms with Gasteiger partial charge in [-0.05, 0) is 82.9 Å². The molecule has 1 aliphatic rings. The van der Waals surface area contributed by atoms with Crippen molar-refractivity contribution in [2.45, 2.75) is 32.4 Å². The van der Waals surface area contributed by atoms with Gasteiger partial charge in [0.15, 0.2) is 0 Å². The molecule has 6 nitrogen and oxygen atoms in total. The van der Waals surface area contributed by atoms with E-state index in [-0.39, 0.29) is 17.4 Å². The number of halogens is 1. The lowest BCUT2D eigenvalue weighted by Crippen LogP contribution is -2.32. The van der Waals surface area contributed by atoms with Crippen molar-refractivity contribution in [2.24, 2.45) is 0 Å². The molecule has 1 fully saturated rings. The number of rotatable bonds is 8. The molecule has 1 aliphatic heterocycles. The molecule has 0 aliphatic carbocycles. The van der Waals surface area contributed by atoms with Gasteiger partial charge < -0.3 is 19.6 Å². The van der Waals surface area contributed by atoms with Gasteiger partial charge in [-0.3, -0.25) is 9.59 Å². The molecular weight excluding hydrogens is 428 g/mol. The fourth-order valence-electron chi connectivity index (χ4n) is 3.78. The van der Waals surface area contributed by atoms with Gasteiger partial charge in [0.2, 0.25) is 0 Å². The highest BCUT2D eigenvalue weighted by Gasteiger charge is 2.45. The number of aliphatic hydroxyl groups is 1. The summed E-state index contributed by atoms with van der Waals surface area (Å²) in [7, 11) is 3.91. The van der Waals surface area contributed by atoms with Gasteiger partial charge in [-0.25, -0.2) is 0 Å². The molecule has 1 atom stereocenters. The Bertz CT molecular complexity index is 998. The second-order valence-corrected chi connectivity index (χ2v) is 8.83. The number of hydrogen-bond acceptors (Lipinski definition) is 5. The Morgan fingerprint density at radius 1 is 1.09 bits per heavy atom. The van der Waals surface area contributed by atoms with Crippen molar-refractivity contribution < 1.29 is 19.4 Å². The van der Waals surface area contributed by atoms with Crippen molar-refractivity contribution in [3.63, 3.8) is 0 Å². The lowest BCUT2D eigenvalue weighted by Gasteiger charge is -2.26. The maximum atomic E-state index is 13.0. The Balaban J connectivity index is 2.03. The van der Waals surface area contributed by atoms with Gasteiger partial charge in [0.1, 0.15) is 11.5 Å². The minimum atomic E-state index is -0.685. The smallest absolute Gasteiger partial charge is 0.295 e. The van der Waals surface area contributed by atoms with E-state index in [9.17, 15) is 14.7 Å². The number of amides is 1. The second-order valence-electron chi connectivity index (χ2n) is 8.39. The zero-order valence-corrected chi connectivity index (χ0v) is 19.6. The second kappa shape index (κ2) is 10.2. The quantitative estimate of drug-likeness (QED) is 0.360. The molecule has 1 amide bonds. The third-order valence-electron chi connectivity index (χ3n) is 5.23. The van der Waals surface area contributed by atoms with Gasteiger partial charge in [-0.1, -0.05) is 23.7 Å². The molecule has 0 saturated carbocycles. The average Bonchev–Trinajstić information content (AvgIpc) is 2.99. The number of ketones is 1. The molecule has 0 unspecified atom stereocenters. The Morgan fingerprint density at radius 2 is 1.72 bits per heavy atom. The summed E-state index contributed by atoms with van der Waals surface area (Å²) in [6.45, 7) is 5.02. The molecule has 0 aromatic heterocycles. The summed E-state index contributed by atoms with van der Waals surface area (Å²) < 4.78 is 5.65. The van der Waals surface area contributed by atoms with Crippen molar-refractivity contribution in [3.8, 4) is 5.75 Å². The first-order valence-electron chi connectivity index (χ1n) is 10.6. The first-order valence-corrected chi connectivity index (χ1v) is 11.0. The lowest BCUT2D eigenvalue weighted by atomic mass is 9.95. The number of carbonyl (C=O) groups excluding carboxylic acids is 2. The molecule has 7 heteroatoms. The van der Waals surface area contributed by atoms with Crippen molar-refractivity contribution in [1.29, 1.82) is 0 Å². The van der Waals surface area contributed by atoms with Gasteiger partial charge >= 0.3 is 0 Å². The summed E-state index contributed by atoms with van der Waals surface area (Å²) in [5.41, 5.74) is 1.26. The minimum absolute atomic E-state index is 0.0202. The SMILES string of the molecule is CC(C)Oc1ccc(C(O)=C2C(=O)C(=O)N(CCCN(C)C)[C@@H]2c2ccc(Cl)cc2)cc1. The van der Waals surface area contributed by atoms with E-state index >= 15 is 0 Å². The first kappa shape index (κ1) is 23.8. The van der Waals surface area contributed by atoms with E-state index in [4.69, 9.17) is 16.3 Å². The number of hydrogen-bond donors (Lipinski definition) is 1. The number of nitrogens with zero attached hydrogens (tertiary/aromatic N) is 2. The third-order valence-corrected chi connectivity index (χ3v) is 5.48. The summed E-state index contributed by atoms with van der Waals surface area (Å²) in [5.74, 6) is -0.829. The number of ether oxygens (including phenoxy) is 1. The molecule has 1 heterocycles. The van der Waals surface area contributed by atoms with Crippen LogP contribution in [0.4, 0.5) is 0 Å². The summed E-state index contributed by atoms with van der Waals surface area (Å²) in [4.78, 5) is 29.5. The zero-order chi connectivity index (χ0) is 23.4. The lowest BCUT2D eigenvalue weighted by molar-refractivity contribution is -0.139. The van der Waals surface area contributed by atoms with E-state index in [2.05, 4.69) is 0 Å².